The van der Waals surface area contributed by atoms with E-state index in [0.29, 0.717) is 19.4 Å². The maximum atomic E-state index is 11.6. The van der Waals surface area contributed by atoms with E-state index in [4.69, 9.17) is 12.2 Å². The van der Waals surface area contributed by atoms with Gasteiger partial charge in [-0.2, -0.15) is 0 Å². The Labute approximate surface area is 98.2 Å². The van der Waals surface area contributed by atoms with E-state index in [1.54, 1.807) is 0 Å². The monoisotopic (exact) mass is 222 g/mol. The van der Waals surface area contributed by atoms with Crippen molar-refractivity contribution in [2.75, 3.05) is 6.54 Å². The van der Waals surface area contributed by atoms with Crippen LogP contribution in [0.3, 0.4) is 0 Å². The Morgan fingerprint density at radius 2 is 2.06 bits per heavy atom. The van der Waals surface area contributed by atoms with Gasteiger partial charge < -0.3 is 11.1 Å². The van der Waals surface area contributed by atoms with Crippen molar-refractivity contribution < 1.29 is 4.79 Å². The third-order valence-corrected chi connectivity index (χ3v) is 3.18. The van der Waals surface area contributed by atoms with Gasteiger partial charge in [0.1, 0.15) is 0 Å². The highest BCUT2D eigenvalue weighted by molar-refractivity contribution is 5.77. The molecule has 0 radical (unpaired) electrons. The zero-order valence-corrected chi connectivity index (χ0v) is 9.93. The Hall–Kier alpha value is -1.01. The molecule has 90 valence electrons. The standard InChI is InChI=1S/C13H22N2O/c1-2-3-7-10-15-12(16)11-13(14)8-5-4-6-9-13/h1H,3-11,14H2,(H,15,16). The fourth-order valence-electron chi connectivity index (χ4n) is 2.23. The Morgan fingerprint density at radius 3 is 2.69 bits per heavy atom. The largest absolute Gasteiger partial charge is 0.356 e. The smallest absolute Gasteiger partial charge is 0.221 e. The number of amides is 1. The summed E-state index contributed by atoms with van der Waals surface area (Å²) in [5.74, 6) is 2.63. The van der Waals surface area contributed by atoms with Crippen molar-refractivity contribution in [3.63, 3.8) is 0 Å². The van der Waals surface area contributed by atoms with E-state index in [1.807, 2.05) is 0 Å². The lowest BCUT2D eigenvalue weighted by Crippen LogP contribution is -2.46. The molecule has 0 aromatic carbocycles. The number of rotatable bonds is 5. The van der Waals surface area contributed by atoms with Crippen LogP contribution in [0.5, 0.6) is 0 Å². The van der Waals surface area contributed by atoms with Crippen LogP contribution in [0.25, 0.3) is 0 Å². The normalized spacial score (nSPS) is 18.8. The minimum Gasteiger partial charge on any atom is -0.356 e. The highest BCUT2D eigenvalue weighted by Crippen LogP contribution is 2.28. The van der Waals surface area contributed by atoms with Gasteiger partial charge in [0.2, 0.25) is 5.91 Å². The molecule has 1 aliphatic carbocycles. The van der Waals surface area contributed by atoms with Crippen LogP contribution in [-0.2, 0) is 4.79 Å². The van der Waals surface area contributed by atoms with Crippen molar-refractivity contribution >= 4 is 5.91 Å². The van der Waals surface area contributed by atoms with Crippen molar-refractivity contribution in [3.8, 4) is 12.3 Å². The summed E-state index contributed by atoms with van der Waals surface area (Å²) in [4.78, 5) is 11.6. The average Bonchev–Trinajstić information content (AvgIpc) is 2.25. The quantitative estimate of drug-likeness (QED) is 0.548. The zero-order valence-electron chi connectivity index (χ0n) is 9.93. The number of nitrogens with one attached hydrogen (secondary N) is 1. The minimum atomic E-state index is -0.256. The molecule has 1 aliphatic rings. The summed E-state index contributed by atoms with van der Waals surface area (Å²) in [6.45, 7) is 0.666. The molecule has 1 fully saturated rings. The van der Waals surface area contributed by atoms with E-state index in [2.05, 4.69) is 11.2 Å². The van der Waals surface area contributed by atoms with Gasteiger partial charge in [0.25, 0.3) is 0 Å². The van der Waals surface area contributed by atoms with Crippen molar-refractivity contribution in [2.24, 2.45) is 5.73 Å². The first kappa shape index (κ1) is 13.1. The van der Waals surface area contributed by atoms with Crippen LogP contribution in [0, 0.1) is 12.3 Å². The van der Waals surface area contributed by atoms with E-state index < -0.39 is 0 Å². The van der Waals surface area contributed by atoms with E-state index >= 15 is 0 Å². The summed E-state index contributed by atoms with van der Waals surface area (Å²) in [5.41, 5.74) is 5.94. The van der Waals surface area contributed by atoms with Gasteiger partial charge in [0, 0.05) is 24.9 Å². The van der Waals surface area contributed by atoms with Gasteiger partial charge >= 0.3 is 0 Å². The summed E-state index contributed by atoms with van der Waals surface area (Å²) in [5, 5.41) is 2.88. The lowest BCUT2D eigenvalue weighted by Gasteiger charge is -2.32. The second-order valence-corrected chi connectivity index (χ2v) is 4.76. The molecule has 0 heterocycles. The molecule has 3 nitrogen and oxygen atoms in total. The van der Waals surface area contributed by atoms with Crippen LogP contribution in [0.15, 0.2) is 0 Å². The molecule has 0 spiro atoms. The molecule has 16 heavy (non-hydrogen) atoms. The Balaban J connectivity index is 2.20. The van der Waals surface area contributed by atoms with Gasteiger partial charge in [-0.05, 0) is 19.3 Å². The molecule has 1 rings (SSSR count). The molecule has 0 aromatic rings. The van der Waals surface area contributed by atoms with Gasteiger partial charge in [0.15, 0.2) is 0 Å². The summed E-state index contributed by atoms with van der Waals surface area (Å²) >= 11 is 0. The van der Waals surface area contributed by atoms with Crippen molar-refractivity contribution in [1.82, 2.24) is 5.32 Å². The van der Waals surface area contributed by atoms with Gasteiger partial charge in [-0.25, -0.2) is 0 Å². The second-order valence-electron chi connectivity index (χ2n) is 4.76. The Kier molecular flexibility index (Phi) is 5.34. The van der Waals surface area contributed by atoms with Gasteiger partial charge in [-0.3, -0.25) is 4.79 Å². The van der Waals surface area contributed by atoms with E-state index in [-0.39, 0.29) is 11.4 Å². The summed E-state index contributed by atoms with van der Waals surface area (Å²) in [6, 6.07) is 0. The molecule has 3 heteroatoms. The number of hydrogen-bond acceptors (Lipinski definition) is 2. The van der Waals surface area contributed by atoms with Crippen LogP contribution in [0.1, 0.15) is 51.4 Å². The number of carbonyl (C=O) groups excluding carboxylic acids is 1. The lowest BCUT2D eigenvalue weighted by atomic mass is 9.80. The topological polar surface area (TPSA) is 55.1 Å². The molecular weight excluding hydrogens is 200 g/mol. The summed E-state index contributed by atoms with van der Waals surface area (Å²) in [6.07, 6.45) is 12.7. The molecule has 0 saturated heterocycles. The molecule has 0 aliphatic heterocycles. The highest BCUT2D eigenvalue weighted by Gasteiger charge is 2.29. The first-order valence-corrected chi connectivity index (χ1v) is 6.15. The van der Waals surface area contributed by atoms with Crippen LogP contribution < -0.4 is 11.1 Å². The molecule has 1 saturated carbocycles. The van der Waals surface area contributed by atoms with Crippen LogP contribution >= 0.6 is 0 Å². The molecule has 3 N–H and O–H groups in total. The fourth-order valence-corrected chi connectivity index (χ4v) is 2.23. The number of carbonyl (C=O) groups is 1. The number of hydrogen-bond donors (Lipinski definition) is 2. The predicted octanol–water partition coefficient (Wildman–Crippen LogP) is 1.57. The maximum absolute atomic E-state index is 11.6. The minimum absolute atomic E-state index is 0.0708. The molecule has 0 aromatic heterocycles. The summed E-state index contributed by atoms with van der Waals surface area (Å²) < 4.78 is 0. The average molecular weight is 222 g/mol. The van der Waals surface area contributed by atoms with Crippen molar-refractivity contribution in [2.45, 2.75) is 56.9 Å². The van der Waals surface area contributed by atoms with Gasteiger partial charge in [-0.15, -0.1) is 12.3 Å². The number of terminal acetylenes is 1. The first-order valence-electron chi connectivity index (χ1n) is 6.15. The Morgan fingerprint density at radius 1 is 1.38 bits per heavy atom. The second kappa shape index (κ2) is 6.55. The van der Waals surface area contributed by atoms with Gasteiger partial charge in [-0.1, -0.05) is 19.3 Å². The summed E-state index contributed by atoms with van der Waals surface area (Å²) in [7, 11) is 0. The maximum Gasteiger partial charge on any atom is 0.221 e. The van der Waals surface area contributed by atoms with Crippen LogP contribution in [-0.4, -0.2) is 18.0 Å². The van der Waals surface area contributed by atoms with E-state index in [1.165, 1.54) is 6.42 Å². The third-order valence-electron chi connectivity index (χ3n) is 3.18. The highest BCUT2D eigenvalue weighted by atomic mass is 16.1. The number of unbranched alkanes of at least 4 members (excludes halogenated alkanes) is 1. The fraction of sp³-hybridized carbons (Fsp3) is 0.769. The van der Waals surface area contributed by atoms with E-state index in [9.17, 15) is 4.79 Å². The van der Waals surface area contributed by atoms with Gasteiger partial charge in [0.05, 0.1) is 0 Å². The van der Waals surface area contributed by atoms with E-state index in [0.717, 1.165) is 32.1 Å². The van der Waals surface area contributed by atoms with Crippen LogP contribution in [0.4, 0.5) is 0 Å². The first-order chi connectivity index (χ1) is 7.66. The predicted molar refractivity (Wildman–Crippen MR) is 65.7 cm³/mol. The Bertz CT molecular complexity index is 262. The van der Waals surface area contributed by atoms with Crippen molar-refractivity contribution in [3.05, 3.63) is 0 Å². The molecule has 0 unspecified atom stereocenters. The molecule has 0 bridgehead atoms. The molecule has 1 amide bonds. The lowest BCUT2D eigenvalue weighted by molar-refractivity contribution is -0.122. The number of nitrogens with two attached hydrogens (primary N) is 1. The van der Waals surface area contributed by atoms with Crippen LogP contribution in [0.2, 0.25) is 0 Å². The zero-order chi connectivity index (χ0) is 11.9. The third kappa shape index (κ3) is 4.67. The van der Waals surface area contributed by atoms with Crippen molar-refractivity contribution in [1.29, 1.82) is 0 Å². The molecular formula is C13H22N2O. The SMILES string of the molecule is C#CCCCNC(=O)CC1(N)CCCCC1. The molecule has 0 atom stereocenters.